The highest BCUT2D eigenvalue weighted by Crippen LogP contribution is 2.17. The SMILES string of the molecule is COc1ccc(C(=O)N[C@H](C)CCN2CCOCC2)c(C)c1. The van der Waals surface area contributed by atoms with Gasteiger partial charge >= 0.3 is 0 Å². The Labute approximate surface area is 132 Å². The minimum Gasteiger partial charge on any atom is -0.497 e. The van der Waals surface area contributed by atoms with Gasteiger partial charge in [0.05, 0.1) is 20.3 Å². The summed E-state index contributed by atoms with van der Waals surface area (Å²) in [4.78, 5) is 14.7. The van der Waals surface area contributed by atoms with E-state index in [0.29, 0.717) is 5.56 Å². The second-order valence-electron chi connectivity index (χ2n) is 5.80. The number of hydrogen-bond acceptors (Lipinski definition) is 4. The van der Waals surface area contributed by atoms with Crippen LogP contribution in [-0.2, 0) is 4.74 Å². The van der Waals surface area contributed by atoms with Crippen LogP contribution < -0.4 is 10.1 Å². The Bertz CT molecular complexity index is 499. The van der Waals surface area contributed by atoms with E-state index in [2.05, 4.69) is 17.1 Å². The summed E-state index contributed by atoms with van der Waals surface area (Å²) in [6.07, 6.45) is 0.945. The zero-order valence-electron chi connectivity index (χ0n) is 13.7. The number of methoxy groups -OCH3 is 1. The minimum atomic E-state index is -0.0189. The third-order valence-corrected chi connectivity index (χ3v) is 4.04. The normalized spacial score (nSPS) is 17.0. The van der Waals surface area contributed by atoms with Gasteiger partial charge in [-0.2, -0.15) is 0 Å². The Balaban J connectivity index is 1.82. The molecule has 1 aliphatic heterocycles. The first-order chi connectivity index (χ1) is 10.6. The molecule has 1 N–H and O–H groups in total. The Hall–Kier alpha value is -1.59. The lowest BCUT2D eigenvalue weighted by Crippen LogP contribution is -2.40. The average Bonchev–Trinajstić information content (AvgIpc) is 2.53. The molecule has 5 heteroatoms. The summed E-state index contributed by atoms with van der Waals surface area (Å²) in [5, 5.41) is 3.08. The number of benzene rings is 1. The molecular weight excluding hydrogens is 280 g/mol. The molecule has 5 nitrogen and oxygen atoms in total. The van der Waals surface area contributed by atoms with Crippen LogP contribution in [-0.4, -0.2) is 56.8 Å². The fraction of sp³-hybridized carbons (Fsp3) is 0.588. The highest BCUT2D eigenvalue weighted by molar-refractivity contribution is 5.95. The van der Waals surface area contributed by atoms with Gasteiger partial charge in [-0.05, 0) is 44.0 Å². The summed E-state index contributed by atoms with van der Waals surface area (Å²) in [5.74, 6) is 0.754. The predicted octanol–water partition coefficient (Wildman–Crippen LogP) is 1.84. The Morgan fingerprint density at radius 2 is 2.14 bits per heavy atom. The molecule has 0 spiro atoms. The van der Waals surface area contributed by atoms with Crippen molar-refractivity contribution in [3.05, 3.63) is 29.3 Å². The second kappa shape index (κ2) is 8.15. The molecule has 0 unspecified atom stereocenters. The van der Waals surface area contributed by atoms with Crippen molar-refractivity contribution >= 4 is 5.91 Å². The topological polar surface area (TPSA) is 50.8 Å². The molecule has 0 aromatic heterocycles. The van der Waals surface area contributed by atoms with E-state index in [1.165, 1.54) is 0 Å². The molecule has 1 aliphatic rings. The largest absolute Gasteiger partial charge is 0.497 e. The number of amides is 1. The fourth-order valence-electron chi connectivity index (χ4n) is 2.59. The van der Waals surface area contributed by atoms with E-state index in [9.17, 15) is 4.79 Å². The summed E-state index contributed by atoms with van der Waals surface area (Å²) >= 11 is 0. The number of ether oxygens (including phenoxy) is 2. The average molecular weight is 306 g/mol. The fourth-order valence-corrected chi connectivity index (χ4v) is 2.59. The van der Waals surface area contributed by atoms with Crippen LogP contribution in [0.1, 0.15) is 29.3 Å². The molecule has 1 atom stereocenters. The summed E-state index contributed by atoms with van der Waals surface area (Å²) in [7, 11) is 1.63. The van der Waals surface area contributed by atoms with Crippen LogP contribution in [0.15, 0.2) is 18.2 Å². The maximum atomic E-state index is 12.3. The van der Waals surface area contributed by atoms with Crippen LogP contribution in [0.3, 0.4) is 0 Å². The maximum Gasteiger partial charge on any atom is 0.251 e. The quantitative estimate of drug-likeness (QED) is 0.871. The van der Waals surface area contributed by atoms with Crippen LogP contribution in [0.4, 0.5) is 0 Å². The second-order valence-corrected chi connectivity index (χ2v) is 5.80. The van der Waals surface area contributed by atoms with Gasteiger partial charge in [-0.25, -0.2) is 0 Å². The van der Waals surface area contributed by atoms with Gasteiger partial charge in [-0.1, -0.05) is 0 Å². The Morgan fingerprint density at radius 3 is 2.77 bits per heavy atom. The third-order valence-electron chi connectivity index (χ3n) is 4.04. The van der Waals surface area contributed by atoms with E-state index in [1.807, 2.05) is 25.1 Å². The van der Waals surface area contributed by atoms with Crippen molar-refractivity contribution < 1.29 is 14.3 Å². The summed E-state index contributed by atoms with van der Waals surface area (Å²) in [6.45, 7) is 8.56. The van der Waals surface area contributed by atoms with Crippen molar-refractivity contribution in [2.75, 3.05) is 40.0 Å². The third kappa shape index (κ3) is 4.71. The van der Waals surface area contributed by atoms with E-state index in [0.717, 1.165) is 50.6 Å². The monoisotopic (exact) mass is 306 g/mol. The first-order valence-electron chi connectivity index (χ1n) is 7.85. The van der Waals surface area contributed by atoms with Crippen LogP contribution in [0.2, 0.25) is 0 Å². The molecule has 1 fully saturated rings. The number of aryl methyl sites for hydroxylation is 1. The number of carbonyl (C=O) groups excluding carboxylic acids is 1. The number of carbonyl (C=O) groups is 1. The van der Waals surface area contributed by atoms with Crippen LogP contribution in [0, 0.1) is 6.92 Å². The lowest BCUT2D eigenvalue weighted by Gasteiger charge is -2.27. The highest BCUT2D eigenvalue weighted by atomic mass is 16.5. The van der Waals surface area contributed by atoms with Gasteiger partial charge in [-0.3, -0.25) is 9.69 Å². The maximum absolute atomic E-state index is 12.3. The van der Waals surface area contributed by atoms with Gasteiger partial charge in [0.25, 0.3) is 5.91 Å². The van der Waals surface area contributed by atoms with Crippen molar-refractivity contribution in [3.63, 3.8) is 0 Å². The first kappa shape index (κ1) is 16.8. The van der Waals surface area contributed by atoms with Gasteiger partial charge in [0.2, 0.25) is 0 Å². The molecule has 0 radical (unpaired) electrons. The number of rotatable bonds is 6. The van der Waals surface area contributed by atoms with Crippen molar-refractivity contribution in [2.24, 2.45) is 0 Å². The van der Waals surface area contributed by atoms with Gasteiger partial charge < -0.3 is 14.8 Å². The minimum absolute atomic E-state index is 0.0189. The molecule has 22 heavy (non-hydrogen) atoms. The van der Waals surface area contributed by atoms with Crippen molar-refractivity contribution in [1.29, 1.82) is 0 Å². The van der Waals surface area contributed by atoms with Crippen molar-refractivity contribution in [2.45, 2.75) is 26.3 Å². The van der Waals surface area contributed by atoms with Crippen molar-refractivity contribution in [3.8, 4) is 5.75 Å². The standard InChI is InChI=1S/C17H26N2O3/c1-13-12-15(21-3)4-5-16(13)17(20)18-14(2)6-7-19-8-10-22-11-9-19/h4-5,12,14H,6-11H2,1-3H3,(H,18,20)/t14-/m1/s1. The van der Waals surface area contributed by atoms with Crippen LogP contribution in [0.5, 0.6) is 5.75 Å². The van der Waals surface area contributed by atoms with Crippen LogP contribution >= 0.6 is 0 Å². The molecule has 1 saturated heterocycles. The Morgan fingerprint density at radius 1 is 1.41 bits per heavy atom. The molecular formula is C17H26N2O3. The highest BCUT2D eigenvalue weighted by Gasteiger charge is 2.15. The molecule has 0 aliphatic carbocycles. The molecule has 1 aromatic rings. The molecule has 1 aromatic carbocycles. The van der Waals surface area contributed by atoms with Gasteiger partial charge in [0, 0.05) is 31.2 Å². The summed E-state index contributed by atoms with van der Waals surface area (Å²) in [5.41, 5.74) is 1.64. The number of nitrogens with one attached hydrogen (secondary N) is 1. The Kier molecular flexibility index (Phi) is 6.21. The molecule has 0 bridgehead atoms. The lowest BCUT2D eigenvalue weighted by molar-refractivity contribution is 0.0363. The zero-order valence-corrected chi connectivity index (χ0v) is 13.7. The number of nitrogens with zero attached hydrogens (tertiary/aromatic N) is 1. The smallest absolute Gasteiger partial charge is 0.251 e. The number of morpholine rings is 1. The molecule has 1 amide bonds. The molecule has 1 heterocycles. The van der Waals surface area contributed by atoms with Crippen molar-refractivity contribution in [1.82, 2.24) is 10.2 Å². The number of hydrogen-bond donors (Lipinski definition) is 1. The van der Waals surface area contributed by atoms with Crippen LogP contribution in [0.25, 0.3) is 0 Å². The van der Waals surface area contributed by atoms with Gasteiger partial charge in [-0.15, -0.1) is 0 Å². The van der Waals surface area contributed by atoms with E-state index in [4.69, 9.17) is 9.47 Å². The summed E-state index contributed by atoms with van der Waals surface area (Å²) in [6, 6.07) is 5.67. The lowest BCUT2D eigenvalue weighted by atomic mass is 10.1. The van der Waals surface area contributed by atoms with E-state index < -0.39 is 0 Å². The van der Waals surface area contributed by atoms with E-state index >= 15 is 0 Å². The van der Waals surface area contributed by atoms with E-state index in [1.54, 1.807) is 7.11 Å². The molecule has 122 valence electrons. The molecule has 2 rings (SSSR count). The van der Waals surface area contributed by atoms with Gasteiger partial charge in [0.1, 0.15) is 5.75 Å². The zero-order chi connectivity index (χ0) is 15.9. The summed E-state index contributed by atoms with van der Waals surface area (Å²) < 4.78 is 10.5. The van der Waals surface area contributed by atoms with E-state index in [-0.39, 0.29) is 11.9 Å². The van der Waals surface area contributed by atoms with Gasteiger partial charge in [0.15, 0.2) is 0 Å². The molecule has 0 saturated carbocycles. The predicted molar refractivity (Wildman–Crippen MR) is 86.5 cm³/mol. The first-order valence-corrected chi connectivity index (χ1v) is 7.85.